The molecule has 2 saturated heterocycles. The standard InChI is InChI=1S/C17H27N3.2ClH/c1-2-17(20-13-9-18-10-14-20)15-5-7-16(8-6-15)19-11-3-4-12-19;;/h5-8,17-18H,2-4,9-14H2,1H3;2*1H/t17-;;/m0../s1. The molecule has 0 aliphatic carbocycles. The molecule has 3 nitrogen and oxygen atoms in total. The molecule has 1 atom stereocenters. The number of nitrogens with zero attached hydrogens (tertiary/aromatic N) is 2. The number of rotatable bonds is 4. The molecule has 0 unspecified atom stereocenters. The van der Waals surface area contributed by atoms with Crippen LogP contribution in [0.15, 0.2) is 24.3 Å². The van der Waals surface area contributed by atoms with E-state index in [1.54, 1.807) is 0 Å². The fourth-order valence-corrected chi connectivity index (χ4v) is 3.58. The van der Waals surface area contributed by atoms with Crippen molar-refractivity contribution in [2.75, 3.05) is 44.2 Å². The Morgan fingerprint density at radius 1 is 0.955 bits per heavy atom. The molecule has 0 saturated carbocycles. The Morgan fingerprint density at radius 2 is 1.55 bits per heavy atom. The van der Waals surface area contributed by atoms with E-state index >= 15 is 0 Å². The van der Waals surface area contributed by atoms with Crippen molar-refractivity contribution in [1.82, 2.24) is 10.2 Å². The smallest absolute Gasteiger partial charge is 0.0366 e. The molecule has 2 aliphatic heterocycles. The minimum absolute atomic E-state index is 0. The van der Waals surface area contributed by atoms with Crippen molar-refractivity contribution in [2.24, 2.45) is 0 Å². The summed E-state index contributed by atoms with van der Waals surface area (Å²) in [6.45, 7) is 9.37. The monoisotopic (exact) mass is 345 g/mol. The maximum absolute atomic E-state index is 3.44. The highest BCUT2D eigenvalue weighted by molar-refractivity contribution is 5.85. The van der Waals surface area contributed by atoms with Gasteiger partial charge in [0.2, 0.25) is 0 Å². The van der Waals surface area contributed by atoms with Gasteiger partial charge in [-0.2, -0.15) is 0 Å². The van der Waals surface area contributed by atoms with Gasteiger partial charge in [-0.25, -0.2) is 0 Å². The van der Waals surface area contributed by atoms with Gasteiger partial charge in [-0.05, 0) is 37.0 Å². The van der Waals surface area contributed by atoms with Gasteiger partial charge in [0.25, 0.3) is 0 Å². The van der Waals surface area contributed by atoms with Gasteiger partial charge >= 0.3 is 0 Å². The van der Waals surface area contributed by atoms with E-state index in [9.17, 15) is 0 Å². The largest absolute Gasteiger partial charge is 0.372 e. The van der Waals surface area contributed by atoms with Gasteiger partial charge in [0.1, 0.15) is 0 Å². The molecule has 1 N–H and O–H groups in total. The van der Waals surface area contributed by atoms with Crippen LogP contribution in [0.3, 0.4) is 0 Å². The van der Waals surface area contributed by atoms with E-state index in [1.165, 1.54) is 56.7 Å². The van der Waals surface area contributed by atoms with Crippen molar-refractivity contribution in [3.05, 3.63) is 29.8 Å². The van der Waals surface area contributed by atoms with Gasteiger partial charge in [-0.1, -0.05) is 19.1 Å². The highest BCUT2D eigenvalue weighted by Crippen LogP contribution is 2.27. The lowest BCUT2D eigenvalue weighted by atomic mass is 10.0. The van der Waals surface area contributed by atoms with Gasteiger partial charge in [-0.15, -0.1) is 24.8 Å². The predicted octanol–water partition coefficient (Wildman–Crippen LogP) is 3.49. The van der Waals surface area contributed by atoms with Crippen molar-refractivity contribution in [3.8, 4) is 0 Å². The molecule has 1 aromatic carbocycles. The molecule has 0 bridgehead atoms. The van der Waals surface area contributed by atoms with E-state index in [0.717, 1.165) is 13.1 Å². The zero-order valence-electron chi connectivity index (χ0n) is 13.5. The molecule has 0 radical (unpaired) electrons. The molecule has 2 aliphatic rings. The molecule has 0 amide bonds. The lowest BCUT2D eigenvalue weighted by Crippen LogP contribution is -2.45. The van der Waals surface area contributed by atoms with E-state index in [1.807, 2.05) is 0 Å². The molecular weight excluding hydrogens is 317 g/mol. The SMILES string of the molecule is CC[C@@H](c1ccc(N2CCCC2)cc1)N1CCNCC1.Cl.Cl. The van der Waals surface area contributed by atoms with Gasteiger partial charge < -0.3 is 10.2 Å². The highest BCUT2D eigenvalue weighted by Gasteiger charge is 2.20. The number of piperazine rings is 1. The number of anilines is 1. The summed E-state index contributed by atoms with van der Waals surface area (Å²) in [6, 6.07) is 9.94. The van der Waals surface area contributed by atoms with Gasteiger partial charge in [-0.3, -0.25) is 4.90 Å². The van der Waals surface area contributed by atoms with Crippen LogP contribution >= 0.6 is 24.8 Å². The summed E-state index contributed by atoms with van der Waals surface area (Å²) in [4.78, 5) is 5.14. The fourth-order valence-electron chi connectivity index (χ4n) is 3.58. The first-order valence-electron chi connectivity index (χ1n) is 8.18. The second-order valence-electron chi connectivity index (χ2n) is 6.00. The minimum atomic E-state index is 0. The quantitative estimate of drug-likeness (QED) is 0.900. The first kappa shape index (κ1) is 19.6. The van der Waals surface area contributed by atoms with Crippen molar-refractivity contribution in [1.29, 1.82) is 0 Å². The lowest BCUT2D eigenvalue weighted by Gasteiger charge is -2.35. The second kappa shape index (κ2) is 9.61. The summed E-state index contributed by atoms with van der Waals surface area (Å²) in [7, 11) is 0. The van der Waals surface area contributed by atoms with Crippen LogP contribution < -0.4 is 10.2 Å². The molecule has 2 fully saturated rings. The van der Waals surface area contributed by atoms with Crippen molar-refractivity contribution in [2.45, 2.75) is 32.2 Å². The maximum atomic E-state index is 3.44. The summed E-state index contributed by atoms with van der Waals surface area (Å²) in [5.41, 5.74) is 2.89. The Balaban J connectivity index is 0.00000121. The molecule has 126 valence electrons. The van der Waals surface area contributed by atoms with E-state index in [0.29, 0.717) is 6.04 Å². The molecule has 3 rings (SSSR count). The third-order valence-corrected chi connectivity index (χ3v) is 4.73. The fraction of sp³-hybridized carbons (Fsp3) is 0.647. The van der Waals surface area contributed by atoms with E-state index < -0.39 is 0 Å². The summed E-state index contributed by atoms with van der Waals surface area (Å²) >= 11 is 0. The van der Waals surface area contributed by atoms with Crippen LogP contribution in [0, 0.1) is 0 Å². The predicted molar refractivity (Wildman–Crippen MR) is 99.9 cm³/mol. The van der Waals surface area contributed by atoms with Crippen molar-refractivity contribution < 1.29 is 0 Å². The average molecular weight is 346 g/mol. The van der Waals surface area contributed by atoms with Crippen molar-refractivity contribution >= 4 is 30.5 Å². The average Bonchev–Trinajstić information content (AvgIpc) is 3.04. The van der Waals surface area contributed by atoms with Crippen LogP contribution in [0.25, 0.3) is 0 Å². The first-order valence-corrected chi connectivity index (χ1v) is 8.18. The van der Waals surface area contributed by atoms with Gasteiger partial charge in [0.05, 0.1) is 0 Å². The third-order valence-electron chi connectivity index (χ3n) is 4.73. The summed E-state index contributed by atoms with van der Waals surface area (Å²) in [6.07, 6.45) is 3.89. The Kier molecular flexibility index (Phi) is 8.55. The molecule has 2 heterocycles. The van der Waals surface area contributed by atoms with Crippen LogP contribution in [0.2, 0.25) is 0 Å². The Labute approximate surface area is 147 Å². The number of halogens is 2. The normalized spacial score (nSPS) is 20.1. The van der Waals surface area contributed by atoms with Crippen LogP contribution in [-0.2, 0) is 0 Å². The van der Waals surface area contributed by atoms with E-state index in [2.05, 4.69) is 46.3 Å². The topological polar surface area (TPSA) is 18.5 Å². The minimum Gasteiger partial charge on any atom is -0.372 e. The number of benzene rings is 1. The third kappa shape index (κ3) is 4.51. The number of hydrogen-bond acceptors (Lipinski definition) is 3. The zero-order chi connectivity index (χ0) is 13.8. The van der Waals surface area contributed by atoms with E-state index in [4.69, 9.17) is 0 Å². The van der Waals surface area contributed by atoms with Gasteiger partial charge in [0, 0.05) is 51.0 Å². The molecule has 1 aromatic rings. The first-order chi connectivity index (χ1) is 9.88. The Hall–Kier alpha value is -0.480. The highest BCUT2D eigenvalue weighted by atomic mass is 35.5. The lowest BCUT2D eigenvalue weighted by molar-refractivity contribution is 0.169. The van der Waals surface area contributed by atoms with Crippen LogP contribution in [-0.4, -0.2) is 44.2 Å². The van der Waals surface area contributed by atoms with Gasteiger partial charge in [0.15, 0.2) is 0 Å². The summed E-state index contributed by atoms with van der Waals surface area (Å²) in [5.74, 6) is 0. The summed E-state index contributed by atoms with van der Waals surface area (Å²) in [5, 5.41) is 3.44. The Morgan fingerprint density at radius 3 is 2.09 bits per heavy atom. The number of nitrogens with one attached hydrogen (secondary N) is 1. The van der Waals surface area contributed by atoms with Crippen LogP contribution in [0.4, 0.5) is 5.69 Å². The van der Waals surface area contributed by atoms with Crippen molar-refractivity contribution in [3.63, 3.8) is 0 Å². The summed E-state index contributed by atoms with van der Waals surface area (Å²) < 4.78 is 0. The molecule has 22 heavy (non-hydrogen) atoms. The molecule has 0 aromatic heterocycles. The molecule has 0 spiro atoms. The number of hydrogen-bond donors (Lipinski definition) is 1. The molecular formula is C17H29Cl2N3. The van der Waals surface area contributed by atoms with Crippen LogP contribution in [0.5, 0.6) is 0 Å². The van der Waals surface area contributed by atoms with Crippen LogP contribution in [0.1, 0.15) is 37.8 Å². The molecule has 5 heteroatoms. The van der Waals surface area contributed by atoms with E-state index in [-0.39, 0.29) is 24.8 Å². The Bertz CT molecular complexity index is 412. The maximum Gasteiger partial charge on any atom is 0.0366 e. The zero-order valence-corrected chi connectivity index (χ0v) is 15.1. The second-order valence-corrected chi connectivity index (χ2v) is 6.00.